The highest BCUT2D eigenvalue weighted by Crippen LogP contribution is 2.37. The standard InChI is InChI=1S/C14H11BrO4/c1-17-14(16)11-3-9-5-13-12(18-7-19-13)4-8(9)2-10(11)6-15/h2-5H,6-7H2,1H3. The molecule has 19 heavy (non-hydrogen) atoms. The number of hydrogen-bond donors (Lipinski definition) is 0. The Hall–Kier alpha value is -1.75. The van der Waals surface area contributed by atoms with Gasteiger partial charge < -0.3 is 14.2 Å². The molecule has 0 saturated carbocycles. The molecule has 4 nitrogen and oxygen atoms in total. The topological polar surface area (TPSA) is 44.8 Å². The summed E-state index contributed by atoms with van der Waals surface area (Å²) < 4.78 is 15.5. The maximum atomic E-state index is 11.8. The van der Waals surface area contributed by atoms with Gasteiger partial charge in [0.05, 0.1) is 12.7 Å². The Morgan fingerprint density at radius 3 is 2.42 bits per heavy atom. The first-order chi connectivity index (χ1) is 9.22. The van der Waals surface area contributed by atoms with Gasteiger partial charge in [0, 0.05) is 5.33 Å². The molecule has 0 bridgehead atoms. The van der Waals surface area contributed by atoms with Crippen LogP contribution in [-0.2, 0) is 10.1 Å². The summed E-state index contributed by atoms with van der Waals surface area (Å²) in [5.41, 5.74) is 1.45. The van der Waals surface area contributed by atoms with Crippen molar-refractivity contribution in [3.8, 4) is 11.5 Å². The van der Waals surface area contributed by atoms with E-state index in [1.807, 2.05) is 24.3 Å². The summed E-state index contributed by atoms with van der Waals surface area (Å²) in [5.74, 6) is 1.10. The molecule has 1 aliphatic rings. The number of carbonyl (C=O) groups is 1. The first-order valence-electron chi connectivity index (χ1n) is 5.73. The van der Waals surface area contributed by atoms with Gasteiger partial charge in [0.1, 0.15) is 0 Å². The predicted molar refractivity (Wildman–Crippen MR) is 74.0 cm³/mol. The van der Waals surface area contributed by atoms with Crippen molar-refractivity contribution in [2.24, 2.45) is 0 Å². The van der Waals surface area contributed by atoms with Crippen molar-refractivity contribution in [3.63, 3.8) is 0 Å². The highest BCUT2D eigenvalue weighted by molar-refractivity contribution is 9.08. The highest BCUT2D eigenvalue weighted by Gasteiger charge is 2.17. The molecule has 0 aromatic heterocycles. The van der Waals surface area contributed by atoms with Crippen LogP contribution in [-0.4, -0.2) is 19.9 Å². The van der Waals surface area contributed by atoms with Crippen molar-refractivity contribution >= 4 is 32.7 Å². The SMILES string of the molecule is COC(=O)c1cc2cc3c(cc2cc1CBr)OCO3. The third-order valence-corrected chi connectivity index (χ3v) is 3.71. The first kappa shape index (κ1) is 12.3. The fourth-order valence-corrected chi connectivity index (χ4v) is 2.61. The summed E-state index contributed by atoms with van der Waals surface area (Å²) in [6.07, 6.45) is 0. The van der Waals surface area contributed by atoms with E-state index in [0.717, 1.165) is 22.1 Å². The minimum atomic E-state index is -0.339. The summed E-state index contributed by atoms with van der Waals surface area (Å²) in [6.45, 7) is 0.237. The average Bonchev–Trinajstić information content (AvgIpc) is 2.89. The van der Waals surface area contributed by atoms with Crippen LogP contribution >= 0.6 is 15.9 Å². The molecule has 0 saturated heterocycles. The van der Waals surface area contributed by atoms with E-state index in [1.54, 1.807) is 0 Å². The van der Waals surface area contributed by atoms with Crippen molar-refractivity contribution in [3.05, 3.63) is 35.4 Å². The summed E-state index contributed by atoms with van der Waals surface area (Å²) in [5, 5.41) is 2.52. The van der Waals surface area contributed by atoms with Crippen LogP contribution in [0.25, 0.3) is 10.8 Å². The molecular formula is C14H11BrO4. The average molecular weight is 323 g/mol. The van der Waals surface area contributed by atoms with Crippen LogP contribution in [0.5, 0.6) is 11.5 Å². The monoisotopic (exact) mass is 322 g/mol. The maximum Gasteiger partial charge on any atom is 0.338 e. The van der Waals surface area contributed by atoms with Gasteiger partial charge in [-0.25, -0.2) is 4.79 Å². The third kappa shape index (κ3) is 2.04. The number of methoxy groups -OCH3 is 1. The minimum absolute atomic E-state index is 0.237. The van der Waals surface area contributed by atoms with E-state index in [-0.39, 0.29) is 12.8 Å². The number of benzene rings is 2. The van der Waals surface area contributed by atoms with E-state index >= 15 is 0 Å². The van der Waals surface area contributed by atoms with E-state index < -0.39 is 0 Å². The predicted octanol–water partition coefficient (Wildman–Crippen LogP) is 3.25. The van der Waals surface area contributed by atoms with E-state index in [4.69, 9.17) is 14.2 Å². The molecule has 0 spiro atoms. The van der Waals surface area contributed by atoms with Crippen molar-refractivity contribution in [1.29, 1.82) is 0 Å². The Morgan fingerprint density at radius 1 is 1.21 bits per heavy atom. The lowest BCUT2D eigenvalue weighted by molar-refractivity contribution is 0.0600. The summed E-state index contributed by atoms with van der Waals surface area (Å²) in [4.78, 5) is 11.8. The molecule has 1 heterocycles. The van der Waals surface area contributed by atoms with E-state index in [2.05, 4.69) is 15.9 Å². The number of ether oxygens (including phenoxy) is 3. The lowest BCUT2D eigenvalue weighted by Crippen LogP contribution is -2.04. The Labute approximate surface area is 118 Å². The number of fused-ring (bicyclic) bond motifs is 2. The van der Waals surface area contributed by atoms with Gasteiger partial charge >= 0.3 is 5.97 Å². The normalized spacial score (nSPS) is 12.7. The van der Waals surface area contributed by atoms with Crippen LogP contribution in [0.2, 0.25) is 0 Å². The van der Waals surface area contributed by atoms with Crippen molar-refractivity contribution in [1.82, 2.24) is 0 Å². The Bertz CT molecular complexity index is 666. The van der Waals surface area contributed by atoms with Crippen LogP contribution in [0.3, 0.4) is 0 Å². The summed E-state index contributed by atoms with van der Waals surface area (Å²) >= 11 is 3.39. The van der Waals surface area contributed by atoms with Gasteiger partial charge in [0.15, 0.2) is 11.5 Å². The van der Waals surface area contributed by atoms with Crippen LogP contribution in [0, 0.1) is 0 Å². The lowest BCUT2D eigenvalue weighted by atomic mass is 10.0. The molecule has 0 radical (unpaired) electrons. The number of esters is 1. The molecule has 1 aliphatic heterocycles. The second-order valence-electron chi connectivity index (χ2n) is 4.19. The molecule has 0 unspecified atom stereocenters. The molecule has 98 valence electrons. The van der Waals surface area contributed by atoms with Gasteiger partial charge in [-0.05, 0) is 40.6 Å². The molecule has 0 aliphatic carbocycles. The number of hydrogen-bond acceptors (Lipinski definition) is 4. The Kier molecular flexibility index (Phi) is 3.06. The van der Waals surface area contributed by atoms with Gasteiger partial charge in [-0.2, -0.15) is 0 Å². The van der Waals surface area contributed by atoms with Crippen molar-refractivity contribution < 1.29 is 19.0 Å². The smallest absolute Gasteiger partial charge is 0.338 e. The van der Waals surface area contributed by atoms with E-state index in [0.29, 0.717) is 16.6 Å². The number of carbonyl (C=O) groups excluding carboxylic acids is 1. The fourth-order valence-electron chi connectivity index (χ4n) is 2.15. The van der Waals surface area contributed by atoms with Crippen LogP contribution < -0.4 is 9.47 Å². The zero-order chi connectivity index (χ0) is 13.4. The molecule has 5 heteroatoms. The first-order valence-corrected chi connectivity index (χ1v) is 6.85. The minimum Gasteiger partial charge on any atom is -0.465 e. The number of rotatable bonds is 2. The van der Waals surface area contributed by atoms with Gasteiger partial charge in [-0.1, -0.05) is 15.9 Å². The van der Waals surface area contributed by atoms with Gasteiger partial charge in [0.2, 0.25) is 6.79 Å². The zero-order valence-corrected chi connectivity index (χ0v) is 11.8. The molecule has 2 aromatic rings. The molecule has 3 rings (SSSR count). The molecular weight excluding hydrogens is 312 g/mol. The fraction of sp³-hybridized carbons (Fsp3) is 0.214. The van der Waals surface area contributed by atoms with Crippen LogP contribution in [0.4, 0.5) is 0 Å². The highest BCUT2D eigenvalue weighted by atomic mass is 79.9. The van der Waals surface area contributed by atoms with Gasteiger partial charge in [0.25, 0.3) is 0 Å². The molecule has 0 atom stereocenters. The largest absolute Gasteiger partial charge is 0.465 e. The molecule has 0 amide bonds. The Balaban J connectivity index is 2.23. The number of alkyl halides is 1. The number of halogens is 1. The summed E-state index contributed by atoms with van der Waals surface area (Å²) in [7, 11) is 1.38. The second-order valence-corrected chi connectivity index (χ2v) is 4.75. The maximum absolute atomic E-state index is 11.8. The molecule has 0 N–H and O–H groups in total. The van der Waals surface area contributed by atoms with E-state index in [1.165, 1.54) is 7.11 Å². The van der Waals surface area contributed by atoms with Gasteiger partial charge in [-0.15, -0.1) is 0 Å². The summed E-state index contributed by atoms with van der Waals surface area (Å²) in [6, 6.07) is 7.57. The van der Waals surface area contributed by atoms with Gasteiger partial charge in [-0.3, -0.25) is 0 Å². The third-order valence-electron chi connectivity index (χ3n) is 3.10. The van der Waals surface area contributed by atoms with E-state index in [9.17, 15) is 4.79 Å². The van der Waals surface area contributed by atoms with Crippen LogP contribution in [0.1, 0.15) is 15.9 Å². The van der Waals surface area contributed by atoms with Crippen molar-refractivity contribution in [2.45, 2.75) is 5.33 Å². The quantitative estimate of drug-likeness (QED) is 0.629. The zero-order valence-electron chi connectivity index (χ0n) is 10.2. The van der Waals surface area contributed by atoms with Crippen LogP contribution in [0.15, 0.2) is 24.3 Å². The Morgan fingerprint density at radius 2 is 1.84 bits per heavy atom. The second kappa shape index (κ2) is 4.74. The van der Waals surface area contributed by atoms with Crippen molar-refractivity contribution in [2.75, 3.05) is 13.9 Å². The molecule has 2 aromatic carbocycles. The molecule has 0 fully saturated rings. The lowest BCUT2D eigenvalue weighted by Gasteiger charge is -2.08.